The van der Waals surface area contributed by atoms with Gasteiger partial charge in [0.25, 0.3) is 0 Å². The number of alkyl halides is 3. The topological polar surface area (TPSA) is 55.5 Å². The molecule has 0 saturated heterocycles. The molecule has 0 saturated carbocycles. The van der Waals surface area contributed by atoms with E-state index < -0.39 is 30.1 Å². The molecule has 0 fully saturated rings. The van der Waals surface area contributed by atoms with Crippen LogP contribution in [0.1, 0.15) is 31.4 Å². The summed E-state index contributed by atoms with van der Waals surface area (Å²) in [6.45, 7) is 1.84. The summed E-state index contributed by atoms with van der Waals surface area (Å²) in [7, 11) is 0. The zero-order chi connectivity index (χ0) is 14.6. The Morgan fingerprint density at radius 3 is 2.47 bits per heavy atom. The van der Waals surface area contributed by atoms with Gasteiger partial charge >= 0.3 is 6.36 Å². The second kappa shape index (κ2) is 6.21. The average molecular weight is 281 g/mol. The van der Waals surface area contributed by atoms with Crippen LogP contribution in [0.3, 0.4) is 0 Å². The second-order valence-electron chi connectivity index (χ2n) is 4.12. The average Bonchev–Trinajstić information content (AvgIpc) is 2.29. The van der Waals surface area contributed by atoms with Gasteiger partial charge in [-0.3, -0.25) is 0 Å². The Labute approximate surface area is 108 Å². The minimum Gasteiger partial charge on any atom is -0.403 e. The molecule has 1 rings (SSSR count). The Kier molecular flexibility index (Phi) is 5.13. The van der Waals surface area contributed by atoms with Crippen molar-refractivity contribution in [3.05, 3.63) is 29.6 Å². The van der Waals surface area contributed by atoms with Crippen LogP contribution in [0.25, 0.3) is 0 Å². The maximum Gasteiger partial charge on any atom is 0.573 e. The molecule has 0 aliphatic heterocycles. The predicted octanol–water partition coefficient (Wildman–Crippen LogP) is 2.89. The van der Waals surface area contributed by atoms with E-state index in [9.17, 15) is 22.7 Å². The monoisotopic (exact) mass is 281 g/mol. The molecule has 0 amide bonds. The van der Waals surface area contributed by atoms with Crippen LogP contribution >= 0.6 is 0 Å². The summed E-state index contributed by atoms with van der Waals surface area (Å²) < 4.78 is 52.8. The third kappa shape index (κ3) is 4.68. The molecular formula is C12H15F4NO2. The Hall–Kier alpha value is -1.34. The van der Waals surface area contributed by atoms with Crippen LogP contribution in [-0.4, -0.2) is 17.6 Å². The normalized spacial score (nSPS) is 15.1. The smallest absolute Gasteiger partial charge is 0.403 e. The van der Waals surface area contributed by atoms with Crippen molar-refractivity contribution in [1.29, 1.82) is 0 Å². The number of halogens is 4. The van der Waals surface area contributed by atoms with Gasteiger partial charge in [-0.15, -0.1) is 13.2 Å². The number of hydrogen-bond donors (Lipinski definition) is 2. The molecule has 3 N–H and O–H groups in total. The summed E-state index contributed by atoms with van der Waals surface area (Å²) >= 11 is 0. The van der Waals surface area contributed by atoms with E-state index in [0.29, 0.717) is 12.8 Å². The maximum atomic E-state index is 13.4. The van der Waals surface area contributed by atoms with Crippen LogP contribution in [0.4, 0.5) is 17.6 Å². The lowest BCUT2D eigenvalue weighted by atomic mass is 9.99. The molecule has 108 valence electrons. The van der Waals surface area contributed by atoms with Gasteiger partial charge in [-0.05, 0) is 24.1 Å². The molecule has 0 spiro atoms. The van der Waals surface area contributed by atoms with Gasteiger partial charge in [-0.2, -0.15) is 0 Å². The first kappa shape index (κ1) is 15.7. The second-order valence-corrected chi connectivity index (χ2v) is 4.12. The molecule has 19 heavy (non-hydrogen) atoms. The predicted molar refractivity (Wildman–Crippen MR) is 60.9 cm³/mol. The van der Waals surface area contributed by atoms with Crippen molar-refractivity contribution < 1.29 is 27.4 Å². The summed E-state index contributed by atoms with van der Waals surface area (Å²) in [6.07, 6.45) is -4.72. The largest absolute Gasteiger partial charge is 0.573 e. The Morgan fingerprint density at radius 2 is 2.00 bits per heavy atom. The van der Waals surface area contributed by atoms with Crippen molar-refractivity contribution in [2.45, 2.75) is 38.3 Å². The summed E-state index contributed by atoms with van der Waals surface area (Å²) in [5.74, 6) is -2.09. The number of nitrogens with two attached hydrogens (primary N) is 1. The van der Waals surface area contributed by atoms with E-state index in [-0.39, 0.29) is 5.56 Å². The highest BCUT2D eigenvalue weighted by molar-refractivity contribution is 5.31. The number of rotatable bonds is 5. The Morgan fingerprint density at radius 1 is 1.37 bits per heavy atom. The standard InChI is InChI=1S/C12H15F4NO2/c1-2-3-9(18)11(17)7-4-5-10(8(13)6-7)19-12(14,15)16/h4-6,9,11,18H,2-3,17H2,1H3/t9-,11+/m1/s1. The number of ether oxygens (including phenoxy) is 1. The number of aliphatic hydroxyl groups excluding tert-OH is 1. The van der Waals surface area contributed by atoms with Gasteiger partial charge in [0, 0.05) is 0 Å². The van der Waals surface area contributed by atoms with Crippen LogP contribution < -0.4 is 10.5 Å². The molecule has 0 aliphatic carbocycles. The minimum absolute atomic E-state index is 0.216. The summed E-state index contributed by atoms with van der Waals surface area (Å²) in [4.78, 5) is 0. The van der Waals surface area contributed by atoms with Crippen LogP contribution in [0, 0.1) is 5.82 Å². The third-order valence-corrected chi connectivity index (χ3v) is 2.57. The lowest BCUT2D eigenvalue weighted by Crippen LogP contribution is -2.26. The van der Waals surface area contributed by atoms with Crippen LogP contribution in [0.15, 0.2) is 18.2 Å². The van der Waals surface area contributed by atoms with Crippen molar-refractivity contribution in [3.8, 4) is 5.75 Å². The molecule has 0 aliphatic rings. The zero-order valence-electron chi connectivity index (χ0n) is 10.2. The maximum absolute atomic E-state index is 13.4. The zero-order valence-corrected chi connectivity index (χ0v) is 10.2. The lowest BCUT2D eigenvalue weighted by Gasteiger charge is -2.19. The summed E-state index contributed by atoms with van der Waals surface area (Å²) in [5, 5.41) is 9.66. The van der Waals surface area contributed by atoms with Crippen molar-refractivity contribution in [1.82, 2.24) is 0 Å². The number of hydrogen-bond acceptors (Lipinski definition) is 3. The van der Waals surface area contributed by atoms with E-state index in [4.69, 9.17) is 5.73 Å². The van der Waals surface area contributed by atoms with E-state index >= 15 is 0 Å². The Balaban J connectivity index is 2.87. The molecule has 3 nitrogen and oxygen atoms in total. The van der Waals surface area contributed by atoms with Gasteiger partial charge < -0.3 is 15.6 Å². The molecule has 0 unspecified atom stereocenters. The lowest BCUT2D eigenvalue weighted by molar-refractivity contribution is -0.275. The van der Waals surface area contributed by atoms with Crippen LogP contribution in [-0.2, 0) is 0 Å². The number of aliphatic hydroxyl groups is 1. The summed E-state index contributed by atoms with van der Waals surface area (Å²) in [6, 6.07) is 2.03. The molecule has 1 aromatic carbocycles. The first-order valence-electron chi connectivity index (χ1n) is 5.73. The van der Waals surface area contributed by atoms with E-state index in [1.165, 1.54) is 6.07 Å². The molecule has 0 radical (unpaired) electrons. The minimum atomic E-state index is -4.95. The van der Waals surface area contributed by atoms with E-state index in [1.807, 2.05) is 6.92 Å². The van der Waals surface area contributed by atoms with E-state index in [2.05, 4.69) is 4.74 Å². The molecular weight excluding hydrogens is 266 g/mol. The highest BCUT2D eigenvalue weighted by Gasteiger charge is 2.32. The highest BCUT2D eigenvalue weighted by Crippen LogP contribution is 2.28. The molecule has 7 heteroatoms. The quantitative estimate of drug-likeness (QED) is 0.816. The first-order valence-corrected chi connectivity index (χ1v) is 5.73. The Bertz CT molecular complexity index is 423. The molecule has 0 aromatic heterocycles. The van der Waals surface area contributed by atoms with Crippen molar-refractivity contribution >= 4 is 0 Å². The van der Waals surface area contributed by atoms with Gasteiger partial charge in [-0.1, -0.05) is 19.4 Å². The molecule has 0 bridgehead atoms. The molecule has 1 aromatic rings. The molecule has 0 heterocycles. The van der Waals surface area contributed by atoms with E-state index in [0.717, 1.165) is 12.1 Å². The van der Waals surface area contributed by atoms with Gasteiger partial charge in [0.1, 0.15) is 0 Å². The van der Waals surface area contributed by atoms with Gasteiger partial charge in [0.2, 0.25) is 0 Å². The van der Waals surface area contributed by atoms with Gasteiger partial charge in [0.05, 0.1) is 12.1 Å². The van der Waals surface area contributed by atoms with Crippen LogP contribution in [0.5, 0.6) is 5.75 Å². The number of benzene rings is 1. The SMILES string of the molecule is CCC[C@@H](O)[C@@H](N)c1ccc(OC(F)(F)F)c(F)c1. The van der Waals surface area contributed by atoms with Crippen molar-refractivity contribution in [2.75, 3.05) is 0 Å². The van der Waals surface area contributed by atoms with E-state index in [1.54, 1.807) is 0 Å². The fraction of sp³-hybridized carbons (Fsp3) is 0.500. The third-order valence-electron chi connectivity index (χ3n) is 2.57. The van der Waals surface area contributed by atoms with Gasteiger partial charge in [-0.25, -0.2) is 4.39 Å². The van der Waals surface area contributed by atoms with Gasteiger partial charge in [0.15, 0.2) is 11.6 Å². The summed E-state index contributed by atoms with van der Waals surface area (Å²) in [5.41, 5.74) is 5.91. The van der Waals surface area contributed by atoms with Crippen molar-refractivity contribution in [2.24, 2.45) is 5.73 Å². The van der Waals surface area contributed by atoms with Crippen molar-refractivity contribution in [3.63, 3.8) is 0 Å². The fourth-order valence-corrected chi connectivity index (χ4v) is 1.63. The highest BCUT2D eigenvalue weighted by atomic mass is 19.4. The molecule has 2 atom stereocenters. The van der Waals surface area contributed by atoms with Crippen LogP contribution in [0.2, 0.25) is 0 Å². The first-order chi connectivity index (χ1) is 8.74. The fourth-order valence-electron chi connectivity index (χ4n) is 1.63.